The van der Waals surface area contributed by atoms with Gasteiger partial charge in [0, 0.05) is 6.08 Å². The van der Waals surface area contributed by atoms with Crippen LogP contribution in [0.2, 0.25) is 0 Å². The minimum Gasteiger partial charge on any atom is -0.233 e. The number of carbonyl (C=O) groups excluding carboxylic acids is 4. The zero-order valence-electron chi connectivity index (χ0n) is 8.07. The van der Waals surface area contributed by atoms with E-state index >= 15 is 0 Å². The van der Waals surface area contributed by atoms with Crippen LogP contribution in [0.5, 0.6) is 0 Å². The van der Waals surface area contributed by atoms with Crippen molar-refractivity contribution in [2.75, 3.05) is 6.16 Å². The molecule has 0 saturated carbocycles. The fraction of sp³-hybridized carbons (Fsp3) is 0.300. The molecular formula is C10H8O4P+. The van der Waals surface area contributed by atoms with Crippen LogP contribution in [0.4, 0.5) is 0 Å². The highest BCUT2D eigenvalue weighted by Crippen LogP contribution is 2.35. The van der Waals surface area contributed by atoms with Crippen molar-refractivity contribution in [2.45, 2.75) is 13.3 Å². The Balaban J connectivity index is 5.45. The van der Waals surface area contributed by atoms with Crippen LogP contribution in [0.25, 0.3) is 0 Å². The van der Waals surface area contributed by atoms with Gasteiger partial charge in [0.05, 0.1) is 0 Å². The predicted octanol–water partition coefficient (Wildman–Crippen LogP) is 0.807. The van der Waals surface area contributed by atoms with Crippen molar-refractivity contribution in [1.29, 1.82) is 0 Å². The van der Waals surface area contributed by atoms with Gasteiger partial charge in [0.15, 0.2) is 5.94 Å². The second kappa shape index (κ2) is 7.62. The summed E-state index contributed by atoms with van der Waals surface area (Å²) in [4.78, 5) is 41.6. The summed E-state index contributed by atoms with van der Waals surface area (Å²) >= 11 is 0. The maximum Gasteiger partial charge on any atom is 0.337 e. The van der Waals surface area contributed by atoms with E-state index in [0.29, 0.717) is 12.6 Å². The molecular weight excluding hydrogens is 215 g/mol. The van der Waals surface area contributed by atoms with Gasteiger partial charge in [-0.2, -0.15) is 4.79 Å². The number of hydrogen-bond donors (Lipinski definition) is 0. The van der Waals surface area contributed by atoms with Crippen molar-refractivity contribution in [3.05, 3.63) is 17.0 Å². The van der Waals surface area contributed by atoms with Gasteiger partial charge in [0.25, 0.3) is 5.31 Å². The van der Waals surface area contributed by atoms with Gasteiger partial charge in [-0.25, -0.2) is 14.4 Å². The molecule has 15 heavy (non-hydrogen) atoms. The Labute approximate surface area is 87.4 Å². The number of rotatable bonds is 5. The summed E-state index contributed by atoms with van der Waals surface area (Å²) in [6.45, 7) is 1.83. The number of allylic oxidation sites excluding steroid dienone is 3. The van der Waals surface area contributed by atoms with E-state index in [1.807, 2.05) is 6.92 Å². The molecule has 5 heteroatoms. The molecule has 0 amide bonds. The van der Waals surface area contributed by atoms with Crippen LogP contribution in [-0.4, -0.2) is 29.6 Å². The summed E-state index contributed by atoms with van der Waals surface area (Å²) in [5.74, 6) is 4.27. The van der Waals surface area contributed by atoms with E-state index in [1.165, 1.54) is 17.8 Å². The first-order valence-electron chi connectivity index (χ1n) is 4.11. The standard InChI is InChI=1S/C10H8O4P/c1-2-5-15(8-14)10(7-13)9(6-12)3-4-11/h3H,2,5H2,1H3/q+1. The van der Waals surface area contributed by atoms with Crippen molar-refractivity contribution in [3.63, 3.8) is 0 Å². The molecule has 0 aliphatic carbocycles. The Morgan fingerprint density at radius 1 is 1.20 bits per heavy atom. The highest BCUT2D eigenvalue weighted by atomic mass is 31.1. The Morgan fingerprint density at radius 2 is 1.87 bits per heavy atom. The molecule has 0 spiro atoms. The van der Waals surface area contributed by atoms with Crippen LogP contribution in [0.1, 0.15) is 13.3 Å². The zero-order chi connectivity index (χ0) is 11.7. The van der Waals surface area contributed by atoms with E-state index in [2.05, 4.69) is 0 Å². The zero-order valence-corrected chi connectivity index (χ0v) is 8.97. The van der Waals surface area contributed by atoms with Gasteiger partial charge in [0.1, 0.15) is 23.6 Å². The molecule has 0 N–H and O–H groups in total. The fourth-order valence-electron chi connectivity index (χ4n) is 0.887. The molecule has 1 unspecified atom stereocenters. The van der Waals surface area contributed by atoms with E-state index in [4.69, 9.17) is 0 Å². The molecule has 0 radical (unpaired) electrons. The average molecular weight is 223 g/mol. The Kier molecular flexibility index (Phi) is 6.72. The lowest BCUT2D eigenvalue weighted by Crippen LogP contribution is -1.88. The Morgan fingerprint density at radius 3 is 2.20 bits per heavy atom. The normalized spacial score (nSPS) is 8.73. The van der Waals surface area contributed by atoms with Crippen LogP contribution in [0.15, 0.2) is 17.0 Å². The molecule has 0 aromatic heterocycles. The maximum absolute atomic E-state index is 10.6. The third-order valence-corrected chi connectivity index (χ3v) is 3.48. The topological polar surface area (TPSA) is 68.3 Å². The fourth-order valence-corrected chi connectivity index (χ4v) is 2.25. The summed E-state index contributed by atoms with van der Waals surface area (Å²) in [6, 6.07) is 0. The second-order valence-corrected chi connectivity index (χ2v) is 4.40. The molecule has 76 valence electrons. The molecule has 0 fully saturated rings. The van der Waals surface area contributed by atoms with E-state index < -0.39 is 7.55 Å². The van der Waals surface area contributed by atoms with E-state index in [0.717, 1.165) is 6.08 Å². The van der Waals surface area contributed by atoms with Crippen molar-refractivity contribution >= 4 is 31.0 Å². The first-order chi connectivity index (χ1) is 7.24. The van der Waals surface area contributed by atoms with Gasteiger partial charge in [-0.1, -0.05) is 6.92 Å². The lowest BCUT2D eigenvalue weighted by atomic mass is 10.3. The minimum absolute atomic E-state index is 0.125. The van der Waals surface area contributed by atoms with Crippen LogP contribution in [0, 0.1) is 0 Å². The highest BCUT2D eigenvalue weighted by molar-refractivity contribution is 7.61. The summed E-state index contributed by atoms with van der Waals surface area (Å²) in [7, 11) is -1.50. The van der Waals surface area contributed by atoms with Crippen molar-refractivity contribution in [3.8, 4) is 0 Å². The van der Waals surface area contributed by atoms with E-state index in [1.54, 1.807) is 5.66 Å². The van der Waals surface area contributed by atoms with Crippen LogP contribution in [-0.2, 0) is 19.2 Å². The second-order valence-electron chi connectivity index (χ2n) is 2.47. The van der Waals surface area contributed by atoms with Gasteiger partial charge in [-0.15, -0.1) is 0 Å². The lowest BCUT2D eigenvalue weighted by molar-refractivity contribution is 0.564. The molecule has 1 atom stereocenters. The average Bonchev–Trinajstić information content (AvgIpc) is 2.27. The van der Waals surface area contributed by atoms with Crippen LogP contribution in [0.3, 0.4) is 0 Å². The third-order valence-electron chi connectivity index (χ3n) is 1.49. The first-order valence-corrected chi connectivity index (χ1v) is 5.64. The van der Waals surface area contributed by atoms with Gasteiger partial charge < -0.3 is 0 Å². The lowest BCUT2D eigenvalue weighted by Gasteiger charge is -1.88. The number of hydrogen-bond acceptors (Lipinski definition) is 4. The highest BCUT2D eigenvalue weighted by Gasteiger charge is 2.24. The molecule has 0 heterocycles. The van der Waals surface area contributed by atoms with Gasteiger partial charge >= 0.3 is 5.66 Å². The molecule has 4 nitrogen and oxygen atoms in total. The quantitative estimate of drug-likeness (QED) is 0.393. The smallest absolute Gasteiger partial charge is 0.233 e. The molecule has 0 aliphatic rings. The summed E-state index contributed by atoms with van der Waals surface area (Å²) in [6.07, 6.45) is 1.87. The van der Waals surface area contributed by atoms with E-state index in [-0.39, 0.29) is 10.9 Å². The molecule has 0 rings (SSSR count). The largest absolute Gasteiger partial charge is 0.337 e. The van der Waals surface area contributed by atoms with Gasteiger partial charge in [0.2, 0.25) is 7.55 Å². The predicted molar refractivity (Wildman–Crippen MR) is 56.4 cm³/mol. The van der Waals surface area contributed by atoms with E-state index in [9.17, 15) is 19.2 Å². The molecule has 0 aromatic carbocycles. The molecule has 0 aromatic rings. The SMILES string of the molecule is CCC[P+](=C=O)C(=C=O)C(=C=O)C=C=O. The van der Waals surface area contributed by atoms with Gasteiger partial charge in [-0.3, -0.25) is 0 Å². The summed E-state index contributed by atoms with van der Waals surface area (Å²) in [5.41, 5.74) is 1.43. The third kappa shape index (κ3) is 3.85. The minimum atomic E-state index is -1.50. The Hall–Kier alpha value is -1.77. The Bertz CT molecular complexity index is 438. The van der Waals surface area contributed by atoms with Crippen molar-refractivity contribution in [1.82, 2.24) is 0 Å². The molecule has 0 aliphatic heterocycles. The van der Waals surface area contributed by atoms with Crippen LogP contribution < -0.4 is 0 Å². The van der Waals surface area contributed by atoms with Crippen molar-refractivity contribution < 1.29 is 19.2 Å². The molecule has 0 bridgehead atoms. The monoisotopic (exact) mass is 223 g/mol. The molecule has 0 saturated heterocycles. The van der Waals surface area contributed by atoms with Crippen LogP contribution >= 0.6 is 7.55 Å². The van der Waals surface area contributed by atoms with Gasteiger partial charge in [-0.05, 0) is 6.42 Å². The maximum atomic E-state index is 10.6. The van der Waals surface area contributed by atoms with Crippen molar-refractivity contribution in [2.24, 2.45) is 0 Å². The first kappa shape index (κ1) is 13.2. The summed E-state index contributed by atoms with van der Waals surface area (Å²) < 4.78 is 0. The summed E-state index contributed by atoms with van der Waals surface area (Å²) in [5, 5.41) is -0.125.